The molecule has 2 atom stereocenters. The first-order valence-corrected chi connectivity index (χ1v) is 3.92. The van der Waals surface area contributed by atoms with Crippen molar-refractivity contribution in [1.82, 2.24) is 5.32 Å². The number of aliphatic hydroxyl groups is 1. The molecule has 76 valence electrons. The lowest BCUT2D eigenvalue weighted by atomic mass is 10.2. The topological polar surface area (TPSA) is 113 Å². The van der Waals surface area contributed by atoms with Gasteiger partial charge < -0.3 is 21.3 Å². The minimum absolute atomic E-state index is 0.420. The van der Waals surface area contributed by atoms with Gasteiger partial charge in [-0.3, -0.25) is 4.79 Å². The van der Waals surface area contributed by atoms with Crippen molar-refractivity contribution >= 4 is 11.9 Å². The van der Waals surface area contributed by atoms with Gasteiger partial charge in [0.2, 0.25) is 5.91 Å². The Morgan fingerprint density at radius 2 is 2.08 bits per heavy atom. The smallest absolute Gasteiger partial charge is 0.328 e. The van der Waals surface area contributed by atoms with Crippen molar-refractivity contribution in [1.29, 1.82) is 0 Å². The van der Waals surface area contributed by atoms with E-state index in [0.29, 0.717) is 6.42 Å². The molecule has 2 unspecified atom stereocenters. The highest BCUT2D eigenvalue weighted by Crippen LogP contribution is 1.89. The maximum Gasteiger partial charge on any atom is 0.328 e. The van der Waals surface area contributed by atoms with E-state index in [2.05, 4.69) is 5.32 Å². The molecule has 0 aliphatic rings. The third kappa shape index (κ3) is 3.86. The largest absolute Gasteiger partial charge is 0.480 e. The molecule has 0 bridgehead atoms. The van der Waals surface area contributed by atoms with Gasteiger partial charge in [-0.2, -0.15) is 0 Å². The van der Waals surface area contributed by atoms with E-state index in [1.165, 1.54) is 0 Å². The molecule has 0 heterocycles. The van der Waals surface area contributed by atoms with Crippen molar-refractivity contribution < 1.29 is 19.8 Å². The van der Waals surface area contributed by atoms with Crippen molar-refractivity contribution in [2.75, 3.05) is 6.61 Å². The molecule has 0 saturated heterocycles. The number of hydrogen-bond acceptors (Lipinski definition) is 4. The molecule has 5 N–H and O–H groups in total. The fourth-order valence-electron chi connectivity index (χ4n) is 0.650. The van der Waals surface area contributed by atoms with Crippen molar-refractivity contribution in [2.45, 2.75) is 25.4 Å². The predicted octanol–water partition coefficient (Wildman–Crippen LogP) is -1.71. The number of carbonyl (C=O) groups is 2. The van der Waals surface area contributed by atoms with Crippen LogP contribution >= 0.6 is 0 Å². The number of nitrogens with one attached hydrogen (secondary N) is 1. The van der Waals surface area contributed by atoms with E-state index in [9.17, 15) is 9.59 Å². The molecular weight excluding hydrogens is 176 g/mol. The number of carboxylic acids is 1. The highest BCUT2D eigenvalue weighted by molar-refractivity contribution is 5.86. The Bertz CT molecular complexity index is 195. The zero-order chi connectivity index (χ0) is 10.4. The maximum atomic E-state index is 11.0. The molecule has 0 spiro atoms. The number of carbonyl (C=O) groups excluding carboxylic acids is 1. The number of amides is 1. The summed E-state index contributed by atoms with van der Waals surface area (Å²) in [5.41, 5.74) is 5.33. The van der Waals surface area contributed by atoms with Gasteiger partial charge in [-0.05, 0) is 6.42 Å². The molecule has 0 aliphatic carbocycles. The molecule has 0 aromatic heterocycles. The van der Waals surface area contributed by atoms with Gasteiger partial charge >= 0.3 is 5.97 Å². The minimum atomic E-state index is -1.28. The zero-order valence-electron chi connectivity index (χ0n) is 7.36. The van der Waals surface area contributed by atoms with Gasteiger partial charge in [0.1, 0.15) is 6.04 Å². The average molecular weight is 190 g/mol. The molecule has 0 saturated carbocycles. The number of hydrogen-bond donors (Lipinski definition) is 4. The second kappa shape index (κ2) is 5.50. The Hall–Kier alpha value is -1.14. The third-order valence-corrected chi connectivity index (χ3v) is 1.57. The lowest BCUT2D eigenvalue weighted by molar-refractivity contribution is -0.143. The SMILES string of the molecule is CCC(N)C(=O)NC(CO)C(=O)O. The molecule has 0 radical (unpaired) electrons. The van der Waals surface area contributed by atoms with Gasteiger partial charge in [0.15, 0.2) is 0 Å². The van der Waals surface area contributed by atoms with Crippen molar-refractivity contribution in [2.24, 2.45) is 5.73 Å². The van der Waals surface area contributed by atoms with Crippen LogP contribution in [0.4, 0.5) is 0 Å². The van der Waals surface area contributed by atoms with Crippen LogP contribution in [0.25, 0.3) is 0 Å². The number of rotatable bonds is 5. The summed E-state index contributed by atoms with van der Waals surface area (Å²) in [5.74, 6) is -1.84. The van der Waals surface area contributed by atoms with Crippen LogP contribution in [-0.4, -0.2) is 40.8 Å². The van der Waals surface area contributed by atoms with E-state index in [4.69, 9.17) is 15.9 Å². The van der Waals surface area contributed by atoms with Crippen LogP contribution in [-0.2, 0) is 9.59 Å². The first-order chi connectivity index (χ1) is 6.02. The Morgan fingerprint density at radius 1 is 1.54 bits per heavy atom. The summed E-state index contributed by atoms with van der Waals surface area (Å²) in [4.78, 5) is 21.4. The number of aliphatic hydroxyl groups excluding tert-OH is 1. The molecule has 6 nitrogen and oxygen atoms in total. The summed E-state index contributed by atoms with van der Waals surface area (Å²) < 4.78 is 0. The molecule has 0 aromatic rings. The first-order valence-electron chi connectivity index (χ1n) is 3.92. The van der Waals surface area contributed by atoms with Gasteiger partial charge in [-0.1, -0.05) is 6.92 Å². The van der Waals surface area contributed by atoms with Crippen molar-refractivity contribution in [3.05, 3.63) is 0 Å². The summed E-state index contributed by atoms with van der Waals surface area (Å²) in [5, 5.41) is 19.1. The Balaban J connectivity index is 4.09. The van der Waals surface area contributed by atoms with E-state index in [-0.39, 0.29) is 0 Å². The van der Waals surface area contributed by atoms with Gasteiger partial charge in [0.05, 0.1) is 12.6 Å². The van der Waals surface area contributed by atoms with Crippen LogP contribution in [0.5, 0.6) is 0 Å². The molecule has 0 fully saturated rings. The lowest BCUT2D eigenvalue weighted by Crippen LogP contribution is -2.49. The predicted molar refractivity (Wildman–Crippen MR) is 44.9 cm³/mol. The van der Waals surface area contributed by atoms with Gasteiger partial charge in [0.25, 0.3) is 0 Å². The van der Waals surface area contributed by atoms with Crippen LogP contribution in [0.1, 0.15) is 13.3 Å². The fourth-order valence-corrected chi connectivity index (χ4v) is 0.650. The number of carboxylic acid groups (broad SMARTS) is 1. The number of aliphatic carboxylic acids is 1. The molecule has 1 amide bonds. The van der Waals surface area contributed by atoms with Crippen LogP contribution < -0.4 is 11.1 Å². The highest BCUT2D eigenvalue weighted by atomic mass is 16.4. The number of nitrogens with two attached hydrogens (primary N) is 1. The fraction of sp³-hybridized carbons (Fsp3) is 0.714. The van der Waals surface area contributed by atoms with E-state index >= 15 is 0 Å². The molecule has 0 rings (SSSR count). The maximum absolute atomic E-state index is 11.0. The van der Waals surface area contributed by atoms with E-state index in [1.54, 1.807) is 6.92 Å². The van der Waals surface area contributed by atoms with Crippen LogP contribution in [0.3, 0.4) is 0 Å². The monoisotopic (exact) mass is 190 g/mol. The van der Waals surface area contributed by atoms with Crippen LogP contribution in [0.2, 0.25) is 0 Å². The Kier molecular flexibility index (Phi) is 5.01. The molecular formula is C7H14N2O4. The molecule has 13 heavy (non-hydrogen) atoms. The quantitative estimate of drug-likeness (QED) is 0.412. The summed E-state index contributed by atoms with van der Waals surface area (Å²) >= 11 is 0. The van der Waals surface area contributed by atoms with E-state index < -0.39 is 30.6 Å². The zero-order valence-corrected chi connectivity index (χ0v) is 7.36. The standard InChI is InChI=1S/C7H14N2O4/c1-2-4(8)6(11)9-5(3-10)7(12)13/h4-5,10H,2-3,8H2,1H3,(H,9,11)(H,12,13). The summed E-state index contributed by atoms with van der Waals surface area (Å²) in [6, 6.07) is -2.00. The normalized spacial score (nSPS) is 14.7. The molecule has 0 aromatic carbocycles. The van der Waals surface area contributed by atoms with Gasteiger partial charge in [0, 0.05) is 0 Å². The van der Waals surface area contributed by atoms with Gasteiger partial charge in [-0.15, -0.1) is 0 Å². The second-order valence-electron chi connectivity index (χ2n) is 2.60. The lowest BCUT2D eigenvalue weighted by Gasteiger charge is -2.14. The minimum Gasteiger partial charge on any atom is -0.480 e. The summed E-state index contributed by atoms with van der Waals surface area (Å²) in [6.45, 7) is 1.07. The van der Waals surface area contributed by atoms with E-state index in [0.717, 1.165) is 0 Å². The highest BCUT2D eigenvalue weighted by Gasteiger charge is 2.21. The van der Waals surface area contributed by atoms with Crippen LogP contribution in [0.15, 0.2) is 0 Å². The third-order valence-electron chi connectivity index (χ3n) is 1.57. The van der Waals surface area contributed by atoms with Gasteiger partial charge in [-0.25, -0.2) is 4.79 Å². The average Bonchev–Trinajstić information content (AvgIpc) is 2.11. The second-order valence-corrected chi connectivity index (χ2v) is 2.60. The van der Waals surface area contributed by atoms with Crippen molar-refractivity contribution in [3.63, 3.8) is 0 Å². The Morgan fingerprint density at radius 3 is 2.38 bits per heavy atom. The van der Waals surface area contributed by atoms with E-state index in [1.807, 2.05) is 0 Å². The summed E-state index contributed by atoms with van der Waals surface area (Å²) in [7, 11) is 0. The molecule has 0 aliphatic heterocycles. The van der Waals surface area contributed by atoms with Crippen molar-refractivity contribution in [3.8, 4) is 0 Å². The first kappa shape index (κ1) is 11.9. The molecule has 6 heteroatoms. The summed E-state index contributed by atoms with van der Waals surface area (Å²) in [6.07, 6.45) is 0.420. The Labute approximate surface area is 75.7 Å². The van der Waals surface area contributed by atoms with Crippen LogP contribution in [0, 0.1) is 0 Å².